The van der Waals surface area contributed by atoms with Crippen LogP contribution in [0.4, 0.5) is 0 Å². The highest BCUT2D eigenvalue weighted by Gasteiger charge is 2.31. The second-order valence-corrected chi connectivity index (χ2v) is 7.37. The second kappa shape index (κ2) is 5.23. The Labute approximate surface area is 115 Å². The molecule has 2 N–H and O–H groups in total. The van der Waals surface area contributed by atoms with Gasteiger partial charge in [-0.25, -0.2) is 8.42 Å². The first-order valence-corrected chi connectivity index (χ1v) is 8.10. The Morgan fingerprint density at radius 1 is 1.21 bits per heavy atom. The monoisotopic (exact) mass is 282 g/mol. The van der Waals surface area contributed by atoms with Crippen LogP contribution in [0.2, 0.25) is 0 Å². The summed E-state index contributed by atoms with van der Waals surface area (Å²) in [4.78, 5) is 0.451. The number of benzene rings is 1. The smallest absolute Gasteiger partial charge is 0.243 e. The number of hydrogen-bond donors (Lipinski definition) is 1. The molecule has 2 rings (SSSR count). The van der Waals surface area contributed by atoms with Gasteiger partial charge in [0.15, 0.2) is 0 Å². The predicted molar refractivity (Wildman–Crippen MR) is 76.6 cm³/mol. The van der Waals surface area contributed by atoms with E-state index in [1.807, 2.05) is 32.9 Å². The molecular weight excluding hydrogens is 260 g/mol. The molecule has 0 spiro atoms. The summed E-state index contributed by atoms with van der Waals surface area (Å²) in [5.41, 5.74) is 8.61. The quantitative estimate of drug-likeness (QED) is 0.898. The first-order valence-electron chi connectivity index (χ1n) is 6.66. The maximum absolute atomic E-state index is 12.8. The molecule has 1 heterocycles. The molecule has 0 aliphatic carbocycles. The number of rotatable bonds is 2. The summed E-state index contributed by atoms with van der Waals surface area (Å²) in [5.74, 6) is 0. The van der Waals surface area contributed by atoms with Crippen LogP contribution in [0.15, 0.2) is 17.0 Å². The predicted octanol–water partition coefficient (Wildman–Crippen LogP) is 1.72. The molecule has 1 aliphatic heterocycles. The van der Waals surface area contributed by atoms with E-state index < -0.39 is 10.0 Å². The van der Waals surface area contributed by atoms with E-state index in [0.29, 0.717) is 18.0 Å². The molecule has 1 aliphatic rings. The van der Waals surface area contributed by atoms with Gasteiger partial charge in [-0.2, -0.15) is 4.31 Å². The third-order valence-electron chi connectivity index (χ3n) is 3.62. The van der Waals surface area contributed by atoms with Crippen LogP contribution in [0.3, 0.4) is 0 Å². The second-order valence-electron chi connectivity index (χ2n) is 5.49. The maximum Gasteiger partial charge on any atom is 0.243 e. The van der Waals surface area contributed by atoms with E-state index in [0.717, 1.165) is 29.5 Å². The number of piperidine rings is 1. The third-order valence-corrected chi connectivity index (χ3v) is 5.79. The van der Waals surface area contributed by atoms with Crippen molar-refractivity contribution < 1.29 is 8.42 Å². The lowest BCUT2D eigenvalue weighted by Gasteiger charge is -2.30. The van der Waals surface area contributed by atoms with Gasteiger partial charge < -0.3 is 5.73 Å². The molecule has 0 aromatic heterocycles. The summed E-state index contributed by atoms with van der Waals surface area (Å²) in [6.45, 7) is 6.69. The van der Waals surface area contributed by atoms with E-state index in [9.17, 15) is 8.42 Å². The molecule has 4 nitrogen and oxygen atoms in total. The molecule has 1 aromatic rings. The molecule has 0 radical (unpaired) electrons. The molecule has 5 heteroatoms. The van der Waals surface area contributed by atoms with Crippen LogP contribution in [0.25, 0.3) is 0 Å². The van der Waals surface area contributed by atoms with E-state index in [-0.39, 0.29) is 6.04 Å². The summed E-state index contributed by atoms with van der Waals surface area (Å²) in [6, 6.07) is 3.79. The Morgan fingerprint density at radius 3 is 2.32 bits per heavy atom. The fourth-order valence-corrected chi connectivity index (χ4v) is 4.84. The molecule has 19 heavy (non-hydrogen) atoms. The van der Waals surface area contributed by atoms with Gasteiger partial charge in [0.25, 0.3) is 0 Å². The van der Waals surface area contributed by atoms with Gasteiger partial charge in [-0.3, -0.25) is 0 Å². The summed E-state index contributed by atoms with van der Waals surface area (Å²) >= 11 is 0. The highest BCUT2D eigenvalue weighted by atomic mass is 32.2. The number of nitrogens with zero attached hydrogens (tertiary/aromatic N) is 1. The minimum absolute atomic E-state index is 0.0467. The normalized spacial score (nSPS) is 21.6. The summed E-state index contributed by atoms with van der Waals surface area (Å²) < 4.78 is 27.0. The molecule has 0 bridgehead atoms. The van der Waals surface area contributed by atoms with E-state index in [1.165, 1.54) is 4.31 Å². The van der Waals surface area contributed by atoms with Crippen molar-refractivity contribution in [3.8, 4) is 0 Å². The number of sulfonamides is 1. The van der Waals surface area contributed by atoms with Crippen molar-refractivity contribution in [3.05, 3.63) is 28.8 Å². The largest absolute Gasteiger partial charge is 0.327 e. The van der Waals surface area contributed by atoms with Gasteiger partial charge in [-0.1, -0.05) is 17.7 Å². The summed E-state index contributed by atoms with van der Waals surface area (Å²) in [5, 5.41) is 0. The van der Waals surface area contributed by atoms with Crippen molar-refractivity contribution in [1.82, 2.24) is 4.31 Å². The van der Waals surface area contributed by atoms with E-state index in [1.54, 1.807) is 0 Å². The Bertz CT molecular complexity index is 558. The molecule has 0 amide bonds. The number of nitrogens with two attached hydrogens (primary N) is 1. The first-order chi connectivity index (χ1) is 8.82. The zero-order chi connectivity index (χ0) is 14.2. The van der Waals surface area contributed by atoms with Crippen molar-refractivity contribution in [3.63, 3.8) is 0 Å². The SMILES string of the molecule is Cc1cc(C)c(S(=O)(=O)N2CCC[C@@H](N)C2)c(C)c1. The van der Waals surface area contributed by atoms with E-state index in [2.05, 4.69) is 0 Å². The molecule has 0 saturated carbocycles. The Balaban J connectivity index is 2.45. The third kappa shape index (κ3) is 2.83. The summed E-state index contributed by atoms with van der Waals surface area (Å²) in [7, 11) is -3.42. The average molecular weight is 282 g/mol. The minimum Gasteiger partial charge on any atom is -0.327 e. The highest BCUT2D eigenvalue weighted by molar-refractivity contribution is 7.89. The van der Waals surface area contributed by atoms with E-state index >= 15 is 0 Å². The van der Waals surface area contributed by atoms with Crippen molar-refractivity contribution in [1.29, 1.82) is 0 Å². The lowest BCUT2D eigenvalue weighted by atomic mass is 10.1. The summed E-state index contributed by atoms with van der Waals surface area (Å²) in [6.07, 6.45) is 1.74. The van der Waals surface area contributed by atoms with Crippen LogP contribution in [-0.2, 0) is 10.0 Å². The fraction of sp³-hybridized carbons (Fsp3) is 0.571. The minimum atomic E-state index is -3.42. The highest BCUT2D eigenvalue weighted by Crippen LogP contribution is 2.27. The van der Waals surface area contributed by atoms with Crippen LogP contribution in [-0.4, -0.2) is 31.9 Å². The van der Waals surface area contributed by atoms with Gasteiger partial charge in [-0.05, 0) is 44.7 Å². The van der Waals surface area contributed by atoms with Crippen LogP contribution in [0, 0.1) is 20.8 Å². The van der Waals surface area contributed by atoms with Crippen molar-refractivity contribution in [2.24, 2.45) is 5.73 Å². The topological polar surface area (TPSA) is 63.4 Å². The molecule has 1 aromatic carbocycles. The fourth-order valence-electron chi connectivity index (χ4n) is 2.90. The molecule has 106 valence electrons. The van der Waals surface area contributed by atoms with Crippen LogP contribution < -0.4 is 5.73 Å². The van der Waals surface area contributed by atoms with Gasteiger partial charge in [0.1, 0.15) is 0 Å². The van der Waals surface area contributed by atoms with Crippen LogP contribution >= 0.6 is 0 Å². The van der Waals surface area contributed by atoms with Crippen molar-refractivity contribution in [2.75, 3.05) is 13.1 Å². The Morgan fingerprint density at radius 2 is 1.79 bits per heavy atom. The first kappa shape index (κ1) is 14.5. The molecule has 1 fully saturated rings. The Hall–Kier alpha value is -0.910. The maximum atomic E-state index is 12.8. The average Bonchev–Trinajstić information content (AvgIpc) is 2.26. The van der Waals surface area contributed by atoms with Gasteiger partial charge in [0.2, 0.25) is 10.0 Å². The van der Waals surface area contributed by atoms with Gasteiger partial charge in [0, 0.05) is 19.1 Å². The van der Waals surface area contributed by atoms with E-state index in [4.69, 9.17) is 5.73 Å². The van der Waals surface area contributed by atoms with Crippen molar-refractivity contribution >= 4 is 10.0 Å². The van der Waals surface area contributed by atoms with Gasteiger partial charge >= 0.3 is 0 Å². The number of hydrogen-bond acceptors (Lipinski definition) is 3. The molecule has 0 unspecified atom stereocenters. The molecular formula is C14H22N2O2S. The van der Waals surface area contributed by atoms with Crippen LogP contribution in [0.5, 0.6) is 0 Å². The van der Waals surface area contributed by atoms with Crippen LogP contribution in [0.1, 0.15) is 29.5 Å². The van der Waals surface area contributed by atoms with Gasteiger partial charge in [-0.15, -0.1) is 0 Å². The zero-order valence-electron chi connectivity index (χ0n) is 11.8. The van der Waals surface area contributed by atoms with Crippen molar-refractivity contribution in [2.45, 2.75) is 44.6 Å². The Kier molecular flexibility index (Phi) is 3.99. The number of aryl methyl sites for hydroxylation is 3. The zero-order valence-corrected chi connectivity index (χ0v) is 12.6. The standard InChI is InChI=1S/C14H22N2O2S/c1-10-7-11(2)14(12(3)8-10)19(17,18)16-6-4-5-13(15)9-16/h7-8,13H,4-6,9,15H2,1-3H3/t13-/m1/s1. The molecule has 1 saturated heterocycles. The lowest BCUT2D eigenvalue weighted by molar-refractivity contribution is 0.316. The molecule has 1 atom stereocenters. The lowest BCUT2D eigenvalue weighted by Crippen LogP contribution is -2.45. The van der Waals surface area contributed by atoms with Gasteiger partial charge in [0.05, 0.1) is 4.90 Å².